The number of piperazine rings is 1. The van der Waals surface area contributed by atoms with E-state index in [0.717, 1.165) is 48.6 Å². The summed E-state index contributed by atoms with van der Waals surface area (Å²) in [5, 5.41) is 23.3. The van der Waals surface area contributed by atoms with Gasteiger partial charge in [0.15, 0.2) is 5.57 Å². The second-order valence-corrected chi connectivity index (χ2v) is 9.29. The van der Waals surface area contributed by atoms with E-state index < -0.39 is 5.91 Å². The Morgan fingerprint density at radius 3 is 2.63 bits per heavy atom. The Kier molecular flexibility index (Phi) is 10.1. The highest BCUT2D eigenvalue weighted by Crippen LogP contribution is 2.12. The van der Waals surface area contributed by atoms with Gasteiger partial charge in [0.25, 0.3) is 11.5 Å². The number of nitrogens with two attached hydrogens (primary N) is 1. The number of urea groups is 1. The van der Waals surface area contributed by atoms with Crippen LogP contribution in [0.1, 0.15) is 12.5 Å². The summed E-state index contributed by atoms with van der Waals surface area (Å²) in [6.07, 6.45) is 2.40. The van der Waals surface area contributed by atoms with Crippen LogP contribution in [0.25, 0.3) is 11.5 Å². The molecule has 38 heavy (non-hydrogen) atoms. The van der Waals surface area contributed by atoms with Gasteiger partial charge in [0.2, 0.25) is 0 Å². The number of aromatic nitrogens is 1. The molecule has 0 atom stereocenters. The number of nitrogens with zero attached hydrogens (tertiary/aromatic N) is 5. The number of thiazole rings is 1. The number of anilines is 1. The Morgan fingerprint density at radius 1 is 1.21 bits per heavy atom. The van der Waals surface area contributed by atoms with Gasteiger partial charge in [-0.3, -0.25) is 19.1 Å². The van der Waals surface area contributed by atoms with Crippen molar-refractivity contribution < 1.29 is 9.59 Å². The summed E-state index contributed by atoms with van der Waals surface area (Å²) in [5.74, 6) is -0.729. The van der Waals surface area contributed by atoms with E-state index >= 15 is 0 Å². The average Bonchev–Trinajstić information content (AvgIpc) is 3.23. The molecule has 2 heterocycles. The van der Waals surface area contributed by atoms with Crippen molar-refractivity contribution in [3.8, 4) is 12.1 Å². The number of rotatable bonds is 8. The fraction of sp³-hybridized carbons (Fsp3) is 0.346. The molecule has 0 spiro atoms. The van der Waals surface area contributed by atoms with Gasteiger partial charge >= 0.3 is 6.03 Å². The fourth-order valence-corrected chi connectivity index (χ4v) is 4.80. The molecule has 0 aliphatic carbocycles. The van der Waals surface area contributed by atoms with Crippen LogP contribution in [-0.2, 0) is 17.8 Å². The van der Waals surface area contributed by atoms with E-state index in [1.165, 1.54) is 4.57 Å². The van der Waals surface area contributed by atoms with Crippen LogP contribution in [0, 0.1) is 22.7 Å². The molecule has 1 saturated heterocycles. The van der Waals surface area contributed by atoms with Crippen molar-refractivity contribution in [2.24, 2.45) is 5.73 Å². The molecule has 1 aliphatic rings. The molecule has 196 valence electrons. The van der Waals surface area contributed by atoms with Gasteiger partial charge in [0.1, 0.15) is 21.8 Å². The Morgan fingerprint density at radius 2 is 1.97 bits per heavy atom. The van der Waals surface area contributed by atoms with Crippen molar-refractivity contribution in [3.05, 3.63) is 61.2 Å². The van der Waals surface area contributed by atoms with Crippen LogP contribution in [0.2, 0.25) is 0 Å². The lowest BCUT2D eigenvalue weighted by atomic mass is 10.1. The van der Waals surface area contributed by atoms with Crippen molar-refractivity contribution in [1.29, 1.82) is 10.5 Å². The monoisotopic (exact) mass is 532 g/mol. The summed E-state index contributed by atoms with van der Waals surface area (Å²) in [6, 6.07) is 11.1. The van der Waals surface area contributed by atoms with Gasteiger partial charge in [-0.2, -0.15) is 10.5 Å². The highest BCUT2D eigenvalue weighted by molar-refractivity contribution is 7.07. The third-order valence-electron chi connectivity index (χ3n) is 5.87. The van der Waals surface area contributed by atoms with Crippen LogP contribution < -0.4 is 31.1 Å². The van der Waals surface area contributed by atoms with Crippen molar-refractivity contribution in [2.45, 2.75) is 19.9 Å². The molecule has 11 nitrogen and oxygen atoms in total. The molecule has 0 radical (unpaired) electrons. The lowest BCUT2D eigenvalue weighted by Crippen LogP contribution is -2.50. The molecule has 3 amide bonds. The van der Waals surface area contributed by atoms with Crippen molar-refractivity contribution in [3.63, 3.8) is 0 Å². The molecule has 0 unspecified atom stereocenters. The number of hydrogen-bond donors (Lipinski definition) is 3. The minimum atomic E-state index is -0.729. The standard InChI is InChI=1S/C26H28N8O3S/c1-2-34-23(17-20(18-28)24(35)31-10-8-27)38-22(25(34)36)6-9-30-21-5-3-4-19(16-21)7-11-32-12-14-33(15-13-32)26(29)37/h3-5,9,16,30H,2,7,10-15H2,1H3,(H2,29,37)(H,31,35). The third-order valence-corrected chi connectivity index (χ3v) is 6.88. The maximum Gasteiger partial charge on any atom is 0.314 e. The zero-order chi connectivity index (χ0) is 27.5. The second kappa shape index (κ2) is 13.7. The number of primary amides is 1. The third kappa shape index (κ3) is 7.47. The molecular weight excluding hydrogens is 504 g/mol. The summed E-state index contributed by atoms with van der Waals surface area (Å²) >= 11 is 1.06. The van der Waals surface area contributed by atoms with E-state index in [-0.39, 0.29) is 23.7 Å². The number of nitrogens with one attached hydrogen (secondary N) is 2. The molecule has 1 aromatic heterocycles. The van der Waals surface area contributed by atoms with E-state index in [2.05, 4.69) is 27.0 Å². The molecule has 12 heteroatoms. The van der Waals surface area contributed by atoms with Crippen LogP contribution in [0.5, 0.6) is 0 Å². The number of hydrogen-bond acceptors (Lipinski definition) is 8. The highest BCUT2D eigenvalue weighted by Gasteiger charge is 2.18. The first kappa shape index (κ1) is 28.0. The van der Waals surface area contributed by atoms with E-state index in [1.807, 2.05) is 24.3 Å². The molecule has 1 fully saturated rings. The first-order valence-electron chi connectivity index (χ1n) is 12.0. The Labute approximate surface area is 223 Å². The molecular formula is C26H28N8O3S. The lowest BCUT2D eigenvalue weighted by Gasteiger charge is -2.33. The van der Waals surface area contributed by atoms with Gasteiger partial charge in [-0.25, -0.2) is 4.79 Å². The molecule has 1 aliphatic heterocycles. The first-order valence-corrected chi connectivity index (χ1v) is 12.8. The quantitative estimate of drug-likeness (QED) is 0.238. The summed E-state index contributed by atoms with van der Waals surface area (Å²) in [6.45, 7) is 5.60. The molecule has 2 aromatic rings. The second-order valence-electron chi connectivity index (χ2n) is 8.29. The number of carbonyl (C=O) groups excluding carboxylic acids is 2. The predicted octanol–water partition coefficient (Wildman–Crippen LogP) is -0.357. The van der Waals surface area contributed by atoms with E-state index in [0.29, 0.717) is 28.8 Å². The van der Waals surface area contributed by atoms with Crippen molar-refractivity contribution in [1.82, 2.24) is 19.7 Å². The molecule has 0 saturated carbocycles. The van der Waals surface area contributed by atoms with Crippen molar-refractivity contribution >= 4 is 40.4 Å². The number of nitriles is 2. The zero-order valence-corrected chi connectivity index (χ0v) is 21.8. The Hall–Kier alpha value is -4.57. The van der Waals surface area contributed by atoms with Crippen LogP contribution >= 0.6 is 11.3 Å². The smallest absolute Gasteiger partial charge is 0.314 e. The normalized spacial score (nSPS) is 12.9. The highest BCUT2D eigenvalue weighted by atomic mass is 32.1. The largest absolute Gasteiger partial charge is 0.355 e. The minimum absolute atomic E-state index is 0.237. The maximum absolute atomic E-state index is 12.8. The van der Waals surface area contributed by atoms with E-state index in [1.54, 1.807) is 30.2 Å². The zero-order valence-electron chi connectivity index (χ0n) is 21.0. The predicted molar refractivity (Wildman–Crippen MR) is 144 cm³/mol. The van der Waals surface area contributed by atoms with E-state index in [9.17, 15) is 19.6 Å². The summed E-state index contributed by atoms with van der Waals surface area (Å²) in [5.41, 5.74) is 12.3. The van der Waals surface area contributed by atoms with Gasteiger partial charge in [0.05, 0.1) is 6.07 Å². The summed E-state index contributed by atoms with van der Waals surface area (Å²) in [4.78, 5) is 40.0. The van der Waals surface area contributed by atoms with Crippen LogP contribution in [0.4, 0.5) is 10.5 Å². The van der Waals surface area contributed by atoms with Gasteiger partial charge in [-0.05, 0) is 31.0 Å². The minimum Gasteiger partial charge on any atom is -0.355 e. The van der Waals surface area contributed by atoms with Gasteiger partial charge < -0.3 is 21.3 Å². The van der Waals surface area contributed by atoms with E-state index in [4.69, 9.17) is 11.0 Å². The maximum atomic E-state index is 12.8. The first-order chi connectivity index (χ1) is 18.4. The molecule has 1 aromatic carbocycles. The number of benzene rings is 1. The molecule has 4 N–H and O–H groups in total. The number of carbonyl (C=O) groups is 2. The Balaban J connectivity index is 1.75. The van der Waals surface area contributed by atoms with Crippen LogP contribution in [0.15, 0.2) is 40.8 Å². The number of amides is 3. The average molecular weight is 533 g/mol. The van der Waals surface area contributed by atoms with Gasteiger partial charge in [-0.15, -0.1) is 0 Å². The summed E-state index contributed by atoms with van der Waals surface area (Å²) in [7, 11) is 0. The topological polar surface area (TPSA) is 160 Å². The SMILES string of the molecule is CCn1c(=C=C(C#N)C(=O)NCC#N)sc(=C=CNc2cccc(CCN3CCN(C(N)=O)CC3)c2)c1=O. The van der Waals surface area contributed by atoms with Crippen LogP contribution in [0.3, 0.4) is 0 Å². The Bertz CT molecular complexity index is 1520. The fourth-order valence-electron chi connectivity index (χ4n) is 3.81. The lowest BCUT2D eigenvalue weighted by molar-refractivity contribution is -0.116. The van der Waals surface area contributed by atoms with Crippen molar-refractivity contribution in [2.75, 3.05) is 44.6 Å². The van der Waals surface area contributed by atoms with Crippen LogP contribution in [-0.4, -0.2) is 65.6 Å². The molecule has 0 bridgehead atoms. The van der Waals surface area contributed by atoms with Gasteiger partial charge in [0, 0.05) is 51.2 Å². The summed E-state index contributed by atoms with van der Waals surface area (Å²) < 4.78 is 2.01. The van der Waals surface area contributed by atoms with Gasteiger partial charge in [-0.1, -0.05) is 34.9 Å². The molecule has 3 rings (SSSR count).